The van der Waals surface area contributed by atoms with Gasteiger partial charge in [0.25, 0.3) is 0 Å². The highest BCUT2D eigenvalue weighted by atomic mass is 15.1. The van der Waals surface area contributed by atoms with Gasteiger partial charge in [-0.15, -0.1) is 0 Å². The third-order valence-corrected chi connectivity index (χ3v) is 10.1. The number of benzene rings is 9. The molecule has 1 nitrogen and oxygen atoms in total. The molecule has 9 rings (SSSR count). The lowest BCUT2D eigenvalue weighted by Crippen LogP contribution is -2.11. The Labute approximate surface area is 311 Å². The zero-order chi connectivity index (χ0) is 35.4. The highest BCUT2D eigenvalue weighted by molar-refractivity contribution is 5.93. The van der Waals surface area contributed by atoms with Gasteiger partial charge in [0.1, 0.15) is 0 Å². The summed E-state index contributed by atoms with van der Waals surface area (Å²) >= 11 is 0. The molecule has 9 aromatic carbocycles. The molecule has 0 aliphatic heterocycles. The summed E-state index contributed by atoms with van der Waals surface area (Å²) in [6, 6.07) is 80.8. The average molecular weight is 676 g/mol. The van der Waals surface area contributed by atoms with E-state index >= 15 is 0 Å². The molecule has 0 aromatic heterocycles. The Morgan fingerprint density at radius 1 is 0.226 bits per heavy atom. The number of para-hydroxylation sites is 1. The summed E-state index contributed by atoms with van der Waals surface area (Å²) in [5.41, 5.74) is 15.3. The largest absolute Gasteiger partial charge is 0.310 e. The van der Waals surface area contributed by atoms with Crippen LogP contribution in [0.3, 0.4) is 0 Å². The van der Waals surface area contributed by atoms with E-state index in [4.69, 9.17) is 0 Å². The molecule has 0 spiro atoms. The predicted octanol–water partition coefficient (Wildman–Crippen LogP) is 14.6. The normalized spacial score (nSPS) is 11.0. The van der Waals surface area contributed by atoms with Crippen molar-refractivity contribution >= 4 is 27.8 Å². The van der Waals surface area contributed by atoms with Gasteiger partial charge < -0.3 is 4.90 Å². The van der Waals surface area contributed by atoms with Crippen LogP contribution in [0.5, 0.6) is 0 Å². The topological polar surface area (TPSA) is 3.24 Å². The second kappa shape index (κ2) is 14.3. The zero-order valence-corrected chi connectivity index (χ0v) is 29.3. The second-order valence-electron chi connectivity index (χ2n) is 13.4. The van der Waals surface area contributed by atoms with E-state index in [1.165, 1.54) is 66.4 Å². The second-order valence-corrected chi connectivity index (χ2v) is 13.4. The maximum atomic E-state index is 2.37. The first-order chi connectivity index (χ1) is 26.3. The third kappa shape index (κ3) is 6.53. The Balaban J connectivity index is 1.14. The molecule has 53 heavy (non-hydrogen) atoms. The van der Waals surface area contributed by atoms with Crippen molar-refractivity contribution in [3.05, 3.63) is 224 Å². The lowest BCUT2D eigenvalue weighted by Gasteiger charge is -2.28. The van der Waals surface area contributed by atoms with E-state index in [2.05, 4.69) is 229 Å². The van der Waals surface area contributed by atoms with Crippen LogP contribution >= 0.6 is 0 Å². The van der Waals surface area contributed by atoms with E-state index in [0.29, 0.717) is 0 Å². The molecule has 0 N–H and O–H groups in total. The molecule has 9 aromatic rings. The number of hydrogen-bond acceptors (Lipinski definition) is 1. The van der Waals surface area contributed by atoms with Crippen molar-refractivity contribution in [3.63, 3.8) is 0 Å². The molecule has 250 valence electrons. The van der Waals surface area contributed by atoms with Gasteiger partial charge in [0, 0.05) is 16.9 Å². The van der Waals surface area contributed by atoms with Gasteiger partial charge in [-0.05, 0) is 103 Å². The van der Waals surface area contributed by atoms with Crippen molar-refractivity contribution in [1.82, 2.24) is 0 Å². The van der Waals surface area contributed by atoms with Crippen LogP contribution in [0.1, 0.15) is 0 Å². The summed E-state index contributed by atoms with van der Waals surface area (Å²) in [7, 11) is 0. The molecule has 0 aliphatic carbocycles. The smallest absolute Gasteiger partial charge is 0.0540 e. The van der Waals surface area contributed by atoms with Gasteiger partial charge in [-0.3, -0.25) is 0 Å². The molecule has 0 heterocycles. The minimum Gasteiger partial charge on any atom is -0.310 e. The Hall–Kier alpha value is -6.96. The van der Waals surface area contributed by atoms with Gasteiger partial charge in [0.2, 0.25) is 0 Å². The van der Waals surface area contributed by atoms with Crippen LogP contribution in [0.2, 0.25) is 0 Å². The SMILES string of the molecule is c1ccc(-c2ccc(N(c3ccc(-c4ccc(-c5ccccc5)c(-c5ccc6ccccc6c5)c4)cc3)c3ccccc3-c3ccccc3)cc2)cc1. The van der Waals surface area contributed by atoms with Gasteiger partial charge in [0.05, 0.1) is 5.69 Å². The standard InChI is InChI=1S/C52H37N/c1-4-14-38(15-5-1)40-26-31-47(32-27-40)53(52-23-13-12-22-50(52)43-19-8-3-9-20-43)48-33-28-41(29-34-48)45-30-35-49(42-17-6-2-7-18-42)51(37-45)46-25-24-39-16-10-11-21-44(39)36-46/h1-37H. The van der Waals surface area contributed by atoms with Crippen LogP contribution in [-0.2, 0) is 0 Å². The lowest BCUT2D eigenvalue weighted by atomic mass is 9.90. The van der Waals surface area contributed by atoms with Gasteiger partial charge in [0.15, 0.2) is 0 Å². The van der Waals surface area contributed by atoms with E-state index in [1.807, 2.05) is 0 Å². The molecule has 0 fully saturated rings. The summed E-state index contributed by atoms with van der Waals surface area (Å²) in [4.78, 5) is 2.37. The highest BCUT2D eigenvalue weighted by Gasteiger charge is 2.18. The van der Waals surface area contributed by atoms with E-state index in [1.54, 1.807) is 0 Å². The molecule has 0 amide bonds. The average Bonchev–Trinajstić information content (AvgIpc) is 3.25. The molecular formula is C52H37N. The molecule has 0 aliphatic rings. The molecule has 1 heteroatoms. The first-order valence-electron chi connectivity index (χ1n) is 18.2. The highest BCUT2D eigenvalue weighted by Crippen LogP contribution is 2.42. The summed E-state index contributed by atoms with van der Waals surface area (Å²) in [5.74, 6) is 0. The number of nitrogens with zero attached hydrogens (tertiary/aromatic N) is 1. The minimum absolute atomic E-state index is 1.10. The number of rotatable bonds is 8. The third-order valence-electron chi connectivity index (χ3n) is 10.1. The van der Waals surface area contributed by atoms with Crippen LogP contribution in [0.25, 0.3) is 66.4 Å². The van der Waals surface area contributed by atoms with Gasteiger partial charge in [-0.1, -0.05) is 182 Å². The fourth-order valence-corrected chi connectivity index (χ4v) is 7.38. The Bertz CT molecular complexity index is 2630. The molecular weight excluding hydrogens is 639 g/mol. The van der Waals surface area contributed by atoms with Crippen molar-refractivity contribution < 1.29 is 0 Å². The van der Waals surface area contributed by atoms with Crippen molar-refractivity contribution in [2.45, 2.75) is 0 Å². The monoisotopic (exact) mass is 675 g/mol. The van der Waals surface area contributed by atoms with Crippen LogP contribution in [0.15, 0.2) is 224 Å². The number of hydrogen-bond donors (Lipinski definition) is 0. The molecule has 0 radical (unpaired) electrons. The minimum atomic E-state index is 1.10. The zero-order valence-electron chi connectivity index (χ0n) is 29.3. The summed E-state index contributed by atoms with van der Waals surface area (Å²) in [6.45, 7) is 0. The van der Waals surface area contributed by atoms with Crippen molar-refractivity contribution in [2.75, 3.05) is 4.90 Å². The van der Waals surface area contributed by atoms with Crippen molar-refractivity contribution in [1.29, 1.82) is 0 Å². The Morgan fingerprint density at radius 2 is 0.679 bits per heavy atom. The van der Waals surface area contributed by atoms with Crippen molar-refractivity contribution in [3.8, 4) is 55.6 Å². The summed E-state index contributed by atoms with van der Waals surface area (Å²) < 4.78 is 0. The van der Waals surface area contributed by atoms with E-state index in [0.717, 1.165) is 17.1 Å². The fraction of sp³-hybridized carbons (Fsp3) is 0. The van der Waals surface area contributed by atoms with Crippen LogP contribution in [-0.4, -0.2) is 0 Å². The first-order valence-corrected chi connectivity index (χ1v) is 18.2. The summed E-state index contributed by atoms with van der Waals surface area (Å²) in [5, 5.41) is 2.49. The van der Waals surface area contributed by atoms with Crippen molar-refractivity contribution in [2.24, 2.45) is 0 Å². The lowest BCUT2D eigenvalue weighted by molar-refractivity contribution is 1.28. The fourth-order valence-electron chi connectivity index (χ4n) is 7.38. The number of anilines is 3. The predicted molar refractivity (Wildman–Crippen MR) is 226 cm³/mol. The van der Waals surface area contributed by atoms with E-state index in [9.17, 15) is 0 Å². The van der Waals surface area contributed by atoms with E-state index in [-0.39, 0.29) is 0 Å². The quantitative estimate of drug-likeness (QED) is 0.155. The molecule has 0 atom stereocenters. The maximum Gasteiger partial charge on any atom is 0.0540 e. The number of fused-ring (bicyclic) bond motifs is 1. The molecule has 0 saturated carbocycles. The van der Waals surface area contributed by atoms with Gasteiger partial charge >= 0.3 is 0 Å². The first kappa shape index (κ1) is 32.0. The maximum absolute atomic E-state index is 2.37. The molecule has 0 unspecified atom stereocenters. The van der Waals surface area contributed by atoms with Gasteiger partial charge in [-0.25, -0.2) is 0 Å². The molecule has 0 saturated heterocycles. The Kier molecular flexibility index (Phi) is 8.66. The molecule has 0 bridgehead atoms. The van der Waals surface area contributed by atoms with Crippen LogP contribution in [0, 0.1) is 0 Å². The van der Waals surface area contributed by atoms with Crippen LogP contribution in [0.4, 0.5) is 17.1 Å². The van der Waals surface area contributed by atoms with E-state index < -0.39 is 0 Å². The Morgan fingerprint density at radius 3 is 1.32 bits per heavy atom. The van der Waals surface area contributed by atoms with Crippen LogP contribution < -0.4 is 4.90 Å². The van der Waals surface area contributed by atoms with Gasteiger partial charge in [-0.2, -0.15) is 0 Å². The summed E-state index contributed by atoms with van der Waals surface area (Å²) in [6.07, 6.45) is 0.